The smallest absolute Gasteiger partial charge is 0.264 e. The lowest BCUT2D eigenvalue weighted by Gasteiger charge is -2.10. The fraction of sp³-hybridized carbons (Fsp3) is 0.400. The van der Waals surface area contributed by atoms with Crippen molar-refractivity contribution in [3.8, 4) is 5.75 Å². The lowest BCUT2D eigenvalue weighted by atomic mass is 10.1. The van der Waals surface area contributed by atoms with Crippen LogP contribution in [-0.2, 0) is 4.79 Å². The zero-order valence-electron chi connectivity index (χ0n) is 13.0. The van der Waals surface area contributed by atoms with Crippen LogP contribution in [0, 0.1) is 13.8 Å². The van der Waals surface area contributed by atoms with Gasteiger partial charge >= 0.3 is 0 Å². The number of carbonyl (C=O) groups is 1. The number of nitrogens with zero attached hydrogens (tertiary/aromatic N) is 2. The second-order valence-electron chi connectivity index (χ2n) is 5.07. The minimum atomic E-state index is -0.238. The third-order valence-corrected chi connectivity index (χ3v) is 4.83. The van der Waals surface area contributed by atoms with Gasteiger partial charge in [0.15, 0.2) is 10.9 Å². The van der Waals surface area contributed by atoms with Gasteiger partial charge in [0.1, 0.15) is 5.75 Å². The molecular weight excluding hydrogens is 318 g/mol. The predicted octanol–water partition coefficient (Wildman–Crippen LogP) is 3.67. The summed E-state index contributed by atoms with van der Waals surface area (Å²) in [6.07, 6.45) is 0. The van der Waals surface area contributed by atoms with E-state index in [0.29, 0.717) is 10.4 Å². The maximum absolute atomic E-state index is 11.9. The van der Waals surface area contributed by atoms with Gasteiger partial charge in [-0.2, -0.15) is 0 Å². The highest BCUT2D eigenvalue weighted by Gasteiger charge is 2.11. The Morgan fingerprint density at radius 3 is 2.86 bits per heavy atom. The Bertz CT molecular complexity index is 656. The molecule has 7 heteroatoms. The van der Waals surface area contributed by atoms with Crippen molar-refractivity contribution in [2.45, 2.75) is 37.3 Å². The van der Waals surface area contributed by atoms with Crippen LogP contribution in [-0.4, -0.2) is 28.0 Å². The zero-order chi connectivity index (χ0) is 16.1. The van der Waals surface area contributed by atoms with E-state index in [1.807, 2.05) is 32.0 Å². The number of aromatic nitrogens is 2. The molecule has 118 valence electrons. The van der Waals surface area contributed by atoms with Gasteiger partial charge in [0.2, 0.25) is 5.13 Å². The van der Waals surface area contributed by atoms with Crippen LogP contribution >= 0.6 is 23.1 Å². The fourth-order valence-corrected chi connectivity index (χ4v) is 3.68. The first-order valence-electron chi connectivity index (χ1n) is 6.94. The number of thioether (sulfide) groups is 1. The molecule has 1 aromatic heterocycles. The number of hydrogen-bond donors (Lipinski definition) is 1. The van der Waals surface area contributed by atoms with E-state index >= 15 is 0 Å². The van der Waals surface area contributed by atoms with E-state index in [1.54, 1.807) is 11.8 Å². The van der Waals surface area contributed by atoms with Crippen LogP contribution in [0.2, 0.25) is 0 Å². The zero-order valence-corrected chi connectivity index (χ0v) is 14.7. The van der Waals surface area contributed by atoms with Crippen LogP contribution in [0.4, 0.5) is 5.13 Å². The molecule has 0 aliphatic heterocycles. The van der Waals surface area contributed by atoms with E-state index < -0.39 is 0 Å². The quantitative estimate of drug-likeness (QED) is 0.643. The average molecular weight is 337 g/mol. The lowest BCUT2D eigenvalue weighted by Crippen LogP contribution is -2.20. The Labute approximate surface area is 138 Å². The van der Waals surface area contributed by atoms with Crippen molar-refractivity contribution >= 4 is 34.1 Å². The highest BCUT2D eigenvalue weighted by molar-refractivity contribution is 8.01. The minimum Gasteiger partial charge on any atom is -0.483 e. The molecule has 0 bridgehead atoms. The first kappa shape index (κ1) is 16.8. The second-order valence-corrected chi connectivity index (χ2v) is 7.88. The van der Waals surface area contributed by atoms with Crippen LogP contribution in [0.5, 0.6) is 5.75 Å². The number of nitrogens with one attached hydrogen (secondary N) is 1. The first-order valence-corrected chi connectivity index (χ1v) is 8.64. The number of hydrogen-bond acceptors (Lipinski definition) is 6. The predicted molar refractivity (Wildman–Crippen MR) is 90.9 cm³/mol. The molecule has 0 saturated heterocycles. The number of aryl methyl sites for hydroxylation is 1. The van der Waals surface area contributed by atoms with Crippen molar-refractivity contribution in [1.29, 1.82) is 0 Å². The van der Waals surface area contributed by atoms with Gasteiger partial charge in [-0.05, 0) is 31.0 Å². The number of anilines is 1. The molecule has 0 saturated carbocycles. The second kappa shape index (κ2) is 7.60. The molecule has 0 unspecified atom stereocenters. The molecule has 0 aliphatic rings. The summed E-state index contributed by atoms with van der Waals surface area (Å²) in [5.74, 6) is 0.488. The monoisotopic (exact) mass is 337 g/mol. The molecule has 22 heavy (non-hydrogen) atoms. The number of carbonyl (C=O) groups excluding carboxylic acids is 1. The molecule has 5 nitrogen and oxygen atoms in total. The molecule has 1 N–H and O–H groups in total. The van der Waals surface area contributed by atoms with Crippen LogP contribution in [0.15, 0.2) is 22.5 Å². The largest absolute Gasteiger partial charge is 0.483 e. The lowest BCUT2D eigenvalue weighted by molar-refractivity contribution is -0.118. The van der Waals surface area contributed by atoms with Gasteiger partial charge in [0, 0.05) is 5.25 Å². The van der Waals surface area contributed by atoms with Crippen LogP contribution in [0.3, 0.4) is 0 Å². The van der Waals surface area contributed by atoms with Crippen molar-refractivity contribution in [2.24, 2.45) is 0 Å². The third kappa shape index (κ3) is 4.71. The molecule has 0 fully saturated rings. The van der Waals surface area contributed by atoms with E-state index in [9.17, 15) is 4.79 Å². The molecule has 0 radical (unpaired) electrons. The number of amides is 1. The molecule has 1 amide bonds. The first-order chi connectivity index (χ1) is 10.5. The van der Waals surface area contributed by atoms with Gasteiger partial charge in [0.25, 0.3) is 5.91 Å². The Balaban J connectivity index is 1.88. The molecular formula is C15H19N3O2S2. The highest BCUT2D eigenvalue weighted by Crippen LogP contribution is 2.28. The standard InChI is InChI=1S/C15H19N3O2S2/c1-9(2)21-15-18-17-14(22-15)16-13(19)8-20-12-7-5-6-10(3)11(12)4/h5-7,9H,8H2,1-4H3,(H,16,17,19). The van der Waals surface area contributed by atoms with E-state index in [0.717, 1.165) is 21.2 Å². The third-order valence-electron chi connectivity index (χ3n) is 2.90. The summed E-state index contributed by atoms with van der Waals surface area (Å²) in [5.41, 5.74) is 2.18. The van der Waals surface area contributed by atoms with Gasteiger partial charge in [-0.3, -0.25) is 10.1 Å². The number of rotatable bonds is 6. The van der Waals surface area contributed by atoms with E-state index in [2.05, 4.69) is 29.4 Å². The summed E-state index contributed by atoms with van der Waals surface area (Å²) in [5, 5.41) is 11.6. The maximum atomic E-state index is 11.9. The Kier molecular flexibility index (Phi) is 5.79. The number of ether oxygens (including phenoxy) is 1. The minimum absolute atomic E-state index is 0.0451. The fourth-order valence-electron chi connectivity index (χ4n) is 1.69. The molecule has 2 aromatic rings. The molecule has 0 atom stereocenters. The molecule has 2 rings (SSSR count). The van der Waals surface area contributed by atoms with E-state index in [1.165, 1.54) is 11.3 Å². The molecule has 1 heterocycles. The van der Waals surface area contributed by atoms with Crippen molar-refractivity contribution in [3.05, 3.63) is 29.3 Å². The highest BCUT2D eigenvalue weighted by atomic mass is 32.2. The van der Waals surface area contributed by atoms with Crippen LogP contribution in [0.25, 0.3) is 0 Å². The average Bonchev–Trinajstić information content (AvgIpc) is 2.86. The van der Waals surface area contributed by atoms with Crippen molar-refractivity contribution in [1.82, 2.24) is 10.2 Å². The summed E-state index contributed by atoms with van der Waals surface area (Å²) in [4.78, 5) is 11.9. The van der Waals surface area contributed by atoms with Gasteiger partial charge in [-0.1, -0.05) is 49.1 Å². The molecule has 0 spiro atoms. The van der Waals surface area contributed by atoms with Gasteiger partial charge in [-0.25, -0.2) is 0 Å². The van der Waals surface area contributed by atoms with Crippen molar-refractivity contribution < 1.29 is 9.53 Å². The SMILES string of the molecule is Cc1cccc(OCC(=O)Nc2nnc(SC(C)C)s2)c1C. The Hall–Kier alpha value is -1.60. The summed E-state index contributed by atoms with van der Waals surface area (Å²) in [6.45, 7) is 8.11. The van der Waals surface area contributed by atoms with Crippen LogP contribution in [0.1, 0.15) is 25.0 Å². The molecule has 1 aromatic carbocycles. The Morgan fingerprint density at radius 1 is 1.36 bits per heavy atom. The summed E-state index contributed by atoms with van der Waals surface area (Å²) >= 11 is 2.99. The van der Waals surface area contributed by atoms with Gasteiger partial charge in [-0.15, -0.1) is 10.2 Å². The Morgan fingerprint density at radius 2 is 2.14 bits per heavy atom. The topological polar surface area (TPSA) is 64.1 Å². The maximum Gasteiger partial charge on any atom is 0.264 e. The van der Waals surface area contributed by atoms with Crippen molar-refractivity contribution in [2.75, 3.05) is 11.9 Å². The summed E-state index contributed by atoms with van der Waals surface area (Å²) in [7, 11) is 0. The van der Waals surface area contributed by atoms with Crippen LogP contribution < -0.4 is 10.1 Å². The van der Waals surface area contributed by atoms with Gasteiger partial charge < -0.3 is 4.74 Å². The number of benzene rings is 1. The van der Waals surface area contributed by atoms with Gasteiger partial charge in [0.05, 0.1) is 0 Å². The summed E-state index contributed by atoms with van der Waals surface area (Å²) in [6, 6.07) is 5.78. The molecule has 0 aliphatic carbocycles. The van der Waals surface area contributed by atoms with E-state index in [4.69, 9.17) is 4.74 Å². The summed E-state index contributed by atoms with van der Waals surface area (Å²) < 4.78 is 6.41. The van der Waals surface area contributed by atoms with Crippen molar-refractivity contribution in [3.63, 3.8) is 0 Å². The van der Waals surface area contributed by atoms with E-state index in [-0.39, 0.29) is 12.5 Å². The normalized spacial score (nSPS) is 10.8.